The third-order valence-electron chi connectivity index (χ3n) is 6.61. The molecule has 0 saturated carbocycles. The van der Waals surface area contributed by atoms with Crippen molar-refractivity contribution in [3.8, 4) is 5.75 Å². The van der Waals surface area contributed by atoms with Gasteiger partial charge in [0, 0.05) is 18.5 Å². The predicted molar refractivity (Wildman–Crippen MR) is 142 cm³/mol. The van der Waals surface area contributed by atoms with Gasteiger partial charge in [0.15, 0.2) is 0 Å². The van der Waals surface area contributed by atoms with E-state index < -0.39 is 12.2 Å². The largest absolute Gasteiger partial charge is 0.486 e. The van der Waals surface area contributed by atoms with Crippen molar-refractivity contribution in [2.45, 2.75) is 77.5 Å². The third kappa shape index (κ3) is 7.85. The molecule has 3 rings (SSSR count). The molecule has 35 heavy (non-hydrogen) atoms. The number of ether oxygens (including phenoxy) is 2. The molecule has 2 atom stereocenters. The Hall–Kier alpha value is -1.79. The second-order valence-corrected chi connectivity index (χ2v) is 10.8. The van der Waals surface area contributed by atoms with Gasteiger partial charge in [-0.25, -0.2) is 0 Å². The number of esters is 1. The van der Waals surface area contributed by atoms with Crippen molar-refractivity contribution in [2.75, 3.05) is 13.2 Å². The van der Waals surface area contributed by atoms with Gasteiger partial charge >= 0.3 is 5.97 Å². The van der Waals surface area contributed by atoms with Crippen LogP contribution in [0, 0.1) is 5.92 Å². The number of fused-ring (bicyclic) bond motifs is 1. The highest BCUT2D eigenvalue weighted by Crippen LogP contribution is 2.36. The van der Waals surface area contributed by atoms with Crippen LogP contribution in [0.15, 0.2) is 36.4 Å². The molecule has 7 heteroatoms. The number of hydrogen-bond donors (Lipinski definition) is 2. The summed E-state index contributed by atoms with van der Waals surface area (Å²) in [4.78, 5) is 11.6. The molecule has 0 aromatic heterocycles. The highest BCUT2D eigenvalue weighted by Gasteiger charge is 2.29. The van der Waals surface area contributed by atoms with E-state index in [2.05, 4.69) is 43.4 Å². The molecule has 0 spiro atoms. The van der Waals surface area contributed by atoms with E-state index in [0.717, 1.165) is 24.8 Å². The molecule has 5 nitrogen and oxygen atoms in total. The van der Waals surface area contributed by atoms with Gasteiger partial charge in [-0.2, -0.15) is 0 Å². The van der Waals surface area contributed by atoms with Gasteiger partial charge in [0.2, 0.25) is 0 Å². The van der Waals surface area contributed by atoms with E-state index in [-0.39, 0.29) is 23.0 Å². The molecular weight excluding hydrogens is 485 g/mol. The Kier molecular flexibility index (Phi) is 9.88. The Morgan fingerprint density at radius 1 is 1.14 bits per heavy atom. The number of halogens is 2. The zero-order chi connectivity index (χ0) is 25.6. The SMILES string of the molecule is CCOC(=O)CCc1ccc(O[C@H](C)[C@H](O)CNC(C)(C)CC2Cc3ccccc3C2)c(Cl)c1Cl. The molecule has 2 aromatic carbocycles. The van der Waals surface area contributed by atoms with E-state index in [4.69, 9.17) is 32.7 Å². The lowest BCUT2D eigenvalue weighted by atomic mass is 9.88. The maximum atomic E-state index is 11.6. The lowest BCUT2D eigenvalue weighted by Crippen LogP contribution is -2.48. The minimum atomic E-state index is -0.728. The normalized spacial score (nSPS) is 15.5. The van der Waals surface area contributed by atoms with Crippen LogP contribution in [0.3, 0.4) is 0 Å². The molecule has 0 amide bonds. The van der Waals surface area contributed by atoms with Gasteiger partial charge in [-0.1, -0.05) is 53.5 Å². The number of benzene rings is 2. The highest BCUT2D eigenvalue weighted by atomic mass is 35.5. The molecule has 0 saturated heterocycles. The molecule has 0 aliphatic heterocycles. The van der Waals surface area contributed by atoms with Crippen LogP contribution in [0.1, 0.15) is 57.2 Å². The summed E-state index contributed by atoms with van der Waals surface area (Å²) < 4.78 is 10.9. The average molecular weight is 523 g/mol. The van der Waals surface area contributed by atoms with E-state index in [1.54, 1.807) is 19.1 Å². The first kappa shape index (κ1) is 27.8. The Morgan fingerprint density at radius 3 is 2.43 bits per heavy atom. The van der Waals surface area contributed by atoms with Gasteiger partial charge in [0.25, 0.3) is 0 Å². The van der Waals surface area contributed by atoms with Gasteiger partial charge in [-0.3, -0.25) is 4.79 Å². The molecule has 1 aliphatic carbocycles. The molecule has 192 valence electrons. The minimum Gasteiger partial charge on any atom is -0.486 e. The first-order valence-electron chi connectivity index (χ1n) is 12.4. The van der Waals surface area contributed by atoms with Crippen LogP contribution in [0.25, 0.3) is 0 Å². The van der Waals surface area contributed by atoms with E-state index in [9.17, 15) is 9.90 Å². The maximum absolute atomic E-state index is 11.6. The van der Waals surface area contributed by atoms with Crippen LogP contribution in [0.2, 0.25) is 10.0 Å². The van der Waals surface area contributed by atoms with Crippen LogP contribution < -0.4 is 10.1 Å². The first-order valence-corrected chi connectivity index (χ1v) is 13.1. The van der Waals surface area contributed by atoms with Crippen molar-refractivity contribution in [3.05, 3.63) is 63.1 Å². The number of carbonyl (C=O) groups excluding carboxylic acids is 1. The van der Waals surface area contributed by atoms with Crippen LogP contribution in [0.5, 0.6) is 5.75 Å². The topological polar surface area (TPSA) is 67.8 Å². The van der Waals surface area contributed by atoms with Gasteiger partial charge < -0.3 is 19.9 Å². The van der Waals surface area contributed by atoms with E-state index >= 15 is 0 Å². The fourth-order valence-electron chi connectivity index (χ4n) is 4.74. The number of nitrogens with one attached hydrogen (secondary N) is 1. The van der Waals surface area contributed by atoms with Crippen molar-refractivity contribution in [1.29, 1.82) is 0 Å². The number of carbonyl (C=O) groups is 1. The van der Waals surface area contributed by atoms with Crippen molar-refractivity contribution in [1.82, 2.24) is 5.32 Å². The summed E-state index contributed by atoms with van der Waals surface area (Å²) in [6.45, 7) is 8.69. The van der Waals surface area contributed by atoms with Gasteiger partial charge in [-0.15, -0.1) is 0 Å². The summed E-state index contributed by atoms with van der Waals surface area (Å²) in [6, 6.07) is 12.2. The van der Waals surface area contributed by atoms with Gasteiger partial charge in [-0.05, 0) is 82.1 Å². The predicted octanol–water partition coefficient (Wildman–Crippen LogP) is 5.79. The number of rotatable bonds is 12. The van der Waals surface area contributed by atoms with Gasteiger partial charge in [0.05, 0.1) is 11.6 Å². The summed E-state index contributed by atoms with van der Waals surface area (Å²) in [7, 11) is 0. The Bertz CT molecular complexity index is 985. The molecule has 2 aromatic rings. The van der Waals surface area contributed by atoms with E-state index in [1.807, 2.05) is 6.92 Å². The second-order valence-electron chi connectivity index (χ2n) is 10.1. The molecule has 0 radical (unpaired) electrons. The summed E-state index contributed by atoms with van der Waals surface area (Å²) in [6.07, 6.45) is 2.69. The monoisotopic (exact) mass is 521 g/mol. The zero-order valence-corrected chi connectivity index (χ0v) is 22.6. The van der Waals surface area contributed by atoms with Crippen molar-refractivity contribution in [2.24, 2.45) is 5.92 Å². The van der Waals surface area contributed by atoms with Crippen molar-refractivity contribution >= 4 is 29.2 Å². The molecule has 0 heterocycles. The lowest BCUT2D eigenvalue weighted by molar-refractivity contribution is -0.143. The Balaban J connectivity index is 1.49. The zero-order valence-electron chi connectivity index (χ0n) is 21.1. The quantitative estimate of drug-likeness (QED) is 0.346. The van der Waals surface area contributed by atoms with Crippen LogP contribution in [-0.4, -0.2) is 42.0 Å². The Labute approximate surface area is 219 Å². The highest BCUT2D eigenvalue weighted by molar-refractivity contribution is 6.43. The summed E-state index contributed by atoms with van der Waals surface area (Å²) in [5, 5.41) is 14.9. The fourth-order valence-corrected chi connectivity index (χ4v) is 5.22. The summed E-state index contributed by atoms with van der Waals surface area (Å²) >= 11 is 12.9. The molecular formula is C28H37Cl2NO4. The van der Waals surface area contributed by atoms with Crippen LogP contribution >= 0.6 is 23.2 Å². The molecule has 2 N–H and O–H groups in total. The standard InChI is InChI=1S/C28H37Cl2NO4/c1-5-34-25(33)13-11-20-10-12-24(27(30)26(20)29)35-18(2)23(32)17-31-28(3,4)16-19-14-21-8-6-7-9-22(21)15-19/h6-10,12,18-19,23,31-32H,5,11,13-17H2,1-4H3/t18-,23-/m1/s1. The number of β-amino-alcohol motifs (C(OH)–C–C–N with tert-alkyl or cyclic N) is 1. The van der Waals surface area contributed by atoms with E-state index in [1.165, 1.54) is 11.1 Å². The molecule has 0 unspecified atom stereocenters. The maximum Gasteiger partial charge on any atom is 0.306 e. The lowest BCUT2D eigenvalue weighted by Gasteiger charge is -2.32. The van der Waals surface area contributed by atoms with Crippen LogP contribution in [-0.2, 0) is 28.8 Å². The number of aliphatic hydroxyl groups excluding tert-OH is 1. The average Bonchev–Trinajstić information content (AvgIpc) is 3.21. The second kappa shape index (κ2) is 12.4. The molecule has 0 fully saturated rings. The minimum absolute atomic E-state index is 0.116. The molecule has 1 aliphatic rings. The smallest absolute Gasteiger partial charge is 0.306 e. The van der Waals surface area contributed by atoms with E-state index in [0.29, 0.717) is 36.3 Å². The number of aliphatic hydroxyl groups is 1. The fraction of sp³-hybridized carbons (Fsp3) is 0.536. The Morgan fingerprint density at radius 2 is 1.80 bits per heavy atom. The summed E-state index contributed by atoms with van der Waals surface area (Å²) in [5.41, 5.74) is 3.55. The van der Waals surface area contributed by atoms with Crippen molar-refractivity contribution in [3.63, 3.8) is 0 Å². The molecule has 0 bridgehead atoms. The van der Waals surface area contributed by atoms with Gasteiger partial charge in [0.1, 0.15) is 23.0 Å². The van der Waals surface area contributed by atoms with Crippen molar-refractivity contribution < 1.29 is 19.4 Å². The third-order valence-corrected chi connectivity index (χ3v) is 7.51. The van der Waals surface area contributed by atoms with Crippen LogP contribution in [0.4, 0.5) is 0 Å². The number of aryl methyl sites for hydroxylation is 1. The number of hydrogen-bond acceptors (Lipinski definition) is 5. The first-order chi connectivity index (χ1) is 16.6. The summed E-state index contributed by atoms with van der Waals surface area (Å²) in [5.74, 6) is 0.736.